The van der Waals surface area contributed by atoms with Crippen LogP contribution in [-0.2, 0) is 9.53 Å². The molecule has 4 atom stereocenters. The molecule has 3 aliphatic rings. The minimum atomic E-state index is 0.0152. The number of urea groups is 1. The second-order valence-electron chi connectivity index (χ2n) is 7.42. The summed E-state index contributed by atoms with van der Waals surface area (Å²) >= 11 is 0. The second-order valence-corrected chi connectivity index (χ2v) is 7.42. The van der Waals surface area contributed by atoms with Crippen LogP contribution in [0.1, 0.15) is 46.0 Å². The lowest BCUT2D eigenvalue weighted by molar-refractivity contribution is -0.140. The van der Waals surface area contributed by atoms with Crippen LogP contribution in [0.3, 0.4) is 0 Å². The van der Waals surface area contributed by atoms with Crippen molar-refractivity contribution in [2.45, 2.75) is 70.2 Å². The highest BCUT2D eigenvalue weighted by Gasteiger charge is 2.45. The largest absolute Gasteiger partial charge is 0.381 e. The molecule has 2 saturated heterocycles. The summed E-state index contributed by atoms with van der Waals surface area (Å²) < 4.78 is 5.45. The number of fused-ring (bicyclic) bond motifs is 1. The van der Waals surface area contributed by atoms with E-state index in [1.165, 1.54) is 0 Å². The molecule has 6 nitrogen and oxygen atoms in total. The van der Waals surface area contributed by atoms with Crippen LogP contribution in [-0.4, -0.2) is 66.2 Å². The Labute approximate surface area is 138 Å². The molecule has 2 heterocycles. The van der Waals surface area contributed by atoms with Crippen molar-refractivity contribution in [1.82, 2.24) is 15.1 Å². The van der Waals surface area contributed by atoms with E-state index in [0.717, 1.165) is 38.6 Å². The maximum absolute atomic E-state index is 12.8. The van der Waals surface area contributed by atoms with Gasteiger partial charge >= 0.3 is 6.03 Å². The number of carbonyl (C=O) groups excluding carboxylic acids is 2. The number of likely N-dealkylation sites (tertiary alicyclic amines) is 1. The first-order chi connectivity index (χ1) is 11.0. The van der Waals surface area contributed by atoms with Gasteiger partial charge in [-0.1, -0.05) is 6.42 Å². The van der Waals surface area contributed by atoms with Crippen molar-refractivity contribution in [2.75, 3.05) is 20.2 Å². The number of piperidine rings is 1. The lowest BCUT2D eigenvalue weighted by atomic mass is 9.85. The molecule has 2 unspecified atom stereocenters. The fraction of sp³-hybridized carbons (Fsp3) is 0.882. The quantitative estimate of drug-likeness (QED) is 0.858. The van der Waals surface area contributed by atoms with E-state index in [1.54, 1.807) is 7.11 Å². The zero-order valence-electron chi connectivity index (χ0n) is 14.5. The predicted octanol–water partition coefficient (Wildman–Crippen LogP) is 1.59. The zero-order valence-corrected chi connectivity index (χ0v) is 14.5. The highest BCUT2D eigenvalue weighted by molar-refractivity contribution is 5.81. The lowest BCUT2D eigenvalue weighted by Gasteiger charge is -2.40. The molecule has 2 aliphatic heterocycles. The van der Waals surface area contributed by atoms with E-state index >= 15 is 0 Å². The van der Waals surface area contributed by atoms with Crippen LogP contribution >= 0.6 is 0 Å². The van der Waals surface area contributed by atoms with Crippen molar-refractivity contribution in [3.8, 4) is 0 Å². The van der Waals surface area contributed by atoms with Gasteiger partial charge in [0.05, 0.1) is 18.2 Å². The molecule has 3 fully saturated rings. The molecule has 0 radical (unpaired) electrons. The molecule has 23 heavy (non-hydrogen) atoms. The molecule has 1 saturated carbocycles. The van der Waals surface area contributed by atoms with Crippen LogP contribution in [0.2, 0.25) is 0 Å². The third-order valence-electron chi connectivity index (χ3n) is 5.65. The van der Waals surface area contributed by atoms with Gasteiger partial charge in [0.25, 0.3) is 0 Å². The molecule has 3 rings (SSSR count). The van der Waals surface area contributed by atoms with Crippen LogP contribution in [0.25, 0.3) is 0 Å². The summed E-state index contributed by atoms with van der Waals surface area (Å²) in [6.45, 7) is 5.50. The van der Waals surface area contributed by atoms with Crippen molar-refractivity contribution >= 4 is 11.9 Å². The summed E-state index contributed by atoms with van der Waals surface area (Å²) in [6, 6.07) is 0.517. The molecule has 1 aliphatic carbocycles. The molecule has 130 valence electrons. The molecular formula is C17H29N3O3. The summed E-state index contributed by atoms with van der Waals surface area (Å²) in [5.74, 6) is 0.339. The van der Waals surface area contributed by atoms with Gasteiger partial charge in [-0.2, -0.15) is 0 Å². The minimum absolute atomic E-state index is 0.0152. The van der Waals surface area contributed by atoms with E-state index < -0.39 is 0 Å². The van der Waals surface area contributed by atoms with E-state index in [1.807, 2.05) is 23.6 Å². The van der Waals surface area contributed by atoms with Crippen molar-refractivity contribution in [1.29, 1.82) is 0 Å². The fourth-order valence-electron chi connectivity index (χ4n) is 4.46. The van der Waals surface area contributed by atoms with Gasteiger partial charge in [-0.25, -0.2) is 4.79 Å². The zero-order chi connectivity index (χ0) is 16.6. The Balaban J connectivity index is 1.61. The van der Waals surface area contributed by atoms with Gasteiger partial charge < -0.3 is 19.9 Å². The number of amides is 3. The summed E-state index contributed by atoms with van der Waals surface area (Å²) in [7, 11) is 1.73. The number of nitrogens with zero attached hydrogens (tertiary/aromatic N) is 2. The molecule has 1 N–H and O–H groups in total. The Kier molecular flexibility index (Phi) is 4.80. The summed E-state index contributed by atoms with van der Waals surface area (Å²) in [5, 5.41) is 3.06. The molecular weight excluding hydrogens is 294 g/mol. The van der Waals surface area contributed by atoms with Gasteiger partial charge in [0.2, 0.25) is 5.91 Å². The normalized spacial score (nSPS) is 34.5. The third kappa shape index (κ3) is 3.18. The van der Waals surface area contributed by atoms with E-state index in [4.69, 9.17) is 4.74 Å². The van der Waals surface area contributed by atoms with Crippen LogP contribution in [0, 0.1) is 5.92 Å². The number of nitrogens with one attached hydrogen (secondary N) is 1. The SMILES string of the molecule is COC1CCCC(C(=O)N2CC[C@H]3[C@@H](C2)NC(=O)N3C(C)C)C1. The Morgan fingerprint density at radius 3 is 2.78 bits per heavy atom. The monoisotopic (exact) mass is 323 g/mol. The highest BCUT2D eigenvalue weighted by Crippen LogP contribution is 2.30. The van der Waals surface area contributed by atoms with Gasteiger partial charge in [0.15, 0.2) is 0 Å². The van der Waals surface area contributed by atoms with Gasteiger partial charge in [0, 0.05) is 32.2 Å². The van der Waals surface area contributed by atoms with Gasteiger partial charge in [-0.15, -0.1) is 0 Å². The third-order valence-corrected chi connectivity index (χ3v) is 5.65. The van der Waals surface area contributed by atoms with Crippen LogP contribution < -0.4 is 5.32 Å². The smallest absolute Gasteiger partial charge is 0.318 e. The lowest BCUT2D eigenvalue weighted by Crippen LogP contribution is -2.55. The van der Waals surface area contributed by atoms with E-state index in [-0.39, 0.29) is 42.1 Å². The van der Waals surface area contributed by atoms with Crippen molar-refractivity contribution in [3.63, 3.8) is 0 Å². The van der Waals surface area contributed by atoms with Gasteiger partial charge in [-0.05, 0) is 39.5 Å². The molecule has 0 spiro atoms. The van der Waals surface area contributed by atoms with Gasteiger partial charge in [-0.3, -0.25) is 4.79 Å². The predicted molar refractivity (Wildman–Crippen MR) is 87.0 cm³/mol. The highest BCUT2D eigenvalue weighted by atomic mass is 16.5. The number of carbonyl (C=O) groups is 2. The molecule has 6 heteroatoms. The molecule has 3 amide bonds. The Morgan fingerprint density at radius 1 is 1.30 bits per heavy atom. The van der Waals surface area contributed by atoms with E-state index in [2.05, 4.69) is 5.32 Å². The average Bonchev–Trinajstić information content (AvgIpc) is 2.89. The molecule has 0 aromatic rings. The number of methoxy groups -OCH3 is 1. The summed E-state index contributed by atoms with van der Waals surface area (Å²) in [4.78, 5) is 28.9. The van der Waals surface area contributed by atoms with E-state index in [9.17, 15) is 9.59 Å². The van der Waals surface area contributed by atoms with Crippen molar-refractivity contribution in [2.24, 2.45) is 5.92 Å². The maximum atomic E-state index is 12.8. The Morgan fingerprint density at radius 2 is 2.09 bits per heavy atom. The first-order valence-corrected chi connectivity index (χ1v) is 8.91. The topological polar surface area (TPSA) is 61.9 Å². The first-order valence-electron chi connectivity index (χ1n) is 8.91. The Bertz CT molecular complexity index is 468. The standard InChI is InChI=1S/C17H29N3O3/c1-11(2)20-15-7-8-19(10-14(15)18-17(20)22)16(21)12-5-4-6-13(9-12)23-3/h11-15H,4-10H2,1-3H3,(H,18,22)/t12?,13?,14-,15+/m1/s1. The second kappa shape index (κ2) is 6.67. The molecule has 0 aromatic heterocycles. The Hall–Kier alpha value is -1.30. The van der Waals surface area contributed by atoms with E-state index in [0.29, 0.717) is 6.54 Å². The maximum Gasteiger partial charge on any atom is 0.318 e. The number of hydrogen-bond acceptors (Lipinski definition) is 3. The average molecular weight is 323 g/mol. The van der Waals surface area contributed by atoms with Crippen LogP contribution in [0.5, 0.6) is 0 Å². The van der Waals surface area contributed by atoms with Crippen molar-refractivity contribution < 1.29 is 14.3 Å². The number of hydrogen-bond donors (Lipinski definition) is 1. The molecule has 0 bridgehead atoms. The van der Waals surface area contributed by atoms with Crippen molar-refractivity contribution in [3.05, 3.63) is 0 Å². The summed E-state index contributed by atoms with van der Waals surface area (Å²) in [6.07, 6.45) is 5.01. The van der Waals surface area contributed by atoms with Crippen LogP contribution in [0.15, 0.2) is 0 Å². The molecule has 0 aromatic carbocycles. The van der Waals surface area contributed by atoms with Gasteiger partial charge in [0.1, 0.15) is 0 Å². The van der Waals surface area contributed by atoms with Crippen LogP contribution in [0.4, 0.5) is 4.79 Å². The first kappa shape index (κ1) is 16.6. The fourth-order valence-corrected chi connectivity index (χ4v) is 4.46. The summed E-state index contributed by atoms with van der Waals surface area (Å²) in [5.41, 5.74) is 0. The minimum Gasteiger partial charge on any atom is -0.381 e. The number of rotatable bonds is 3. The number of ether oxygens (including phenoxy) is 1.